The Kier molecular flexibility index (Phi) is 6.17. The van der Waals surface area contributed by atoms with Gasteiger partial charge in [0.05, 0.1) is 11.3 Å². The Bertz CT molecular complexity index is 597. The van der Waals surface area contributed by atoms with Crippen LogP contribution in [0.2, 0.25) is 0 Å². The van der Waals surface area contributed by atoms with Gasteiger partial charge in [0.2, 0.25) is 10.0 Å². The average Bonchev–Trinajstić information content (AvgIpc) is 2.38. The molecule has 1 aromatic carbocycles. The summed E-state index contributed by atoms with van der Waals surface area (Å²) in [5, 5.41) is 11.9. The SMILES string of the molecule is CCNc1ccc(C(=O)O)cc1S(=O)(=O)NCCC(C)C. The Morgan fingerprint density at radius 3 is 2.52 bits per heavy atom. The predicted molar refractivity (Wildman–Crippen MR) is 82.2 cm³/mol. The van der Waals surface area contributed by atoms with Crippen LogP contribution >= 0.6 is 0 Å². The van der Waals surface area contributed by atoms with Gasteiger partial charge in [-0.1, -0.05) is 13.8 Å². The van der Waals surface area contributed by atoms with Crippen molar-refractivity contribution >= 4 is 21.7 Å². The van der Waals surface area contributed by atoms with Gasteiger partial charge in [0.1, 0.15) is 4.90 Å². The number of nitrogens with one attached hydrogen (secondary N) is 2. The molecule has 0 saturated carbocycles. The fourth-order valence-corrected chi connectivity index (χ4v) is 3.03. The minimum absolute atomic E-state index is 0.0343. The van der Waals surface area contributed by atoms with Crippen molar-refractivity contribution in [1.29, 1.82) is 0 Å². The highest BCUT2D eigenvalue weighted by atomic mass is 32.2. The summed E-state index contributed by atoms with van der Waals surface area (Å²) in [7, 11) is -3.74. The number of carbonyl (C=O) groups is 1. The van der Waals surface area contributed by atoms with Crippen LogP contribution in [0.4, 0.5) is 5.69 Å². The first-order chi connectivity index (χ1) is 9.77. The third-order valence-corrected chi connectivity index (χ3v) is 4.40. The third kappa shape index (κ3) is 5.02. The van der Waals surface area contributed by atoms with Crippen molar-refractivity contribution in [1.82, 2.24) is 4.72 Å². The maximum absolute atomic E-state index is 12.3. The number of rotatable bonds is 8. The Hall–Kier alpha value is -1.60. The molecule has 118 valence electrons. The molecule has 0 atom stereocenters. The van der Waals surface area contributed by atoms with Gasteiger partial charge in [-0.05, 0) is 37.5 Å². The summed E-state index contributed by atoms with van der Waals surface area (Å²) < 4.78 is 27.2. The van der Waals surface area contributed by atoms with Gasteiger partial charge in [0.15, 0.2) is 0 Å². The van der Waals surface area contributed by atoms with E-state index in [1.54, 1.807) is 0 Å². The highest BCUT2D eigenvalue weighted by molar-refractivity contribution is 7.89. The zero-order chi connectivity index (χ0) is 16.0. The molecule has 0 aliphatic heterocycles. The molecule has 0 saturated heterocycles. The summed E-state index contributed by atoms with van der Waals surface area (Å²) >= 11 is 0. The monoisotopic (exact) mass is 314 g/mol. The highest BCUT2D eigenvalue weighted by Gasteiger charge is 2.20. The lowest BCUT2D eigenvalue weighted by Gasteiger charge is -2.13. The van der Waals surface area contributed by atoms with Crippen LogP contribution in [0, 0.1) is 5.92 Å². The molecule has 21 heavy (non-hydrogen) atoms. The second-order valence-electron chi connectivity index (χ2n) is 5.13. The smallest absolute Gasteiger partial charge is 0.335 e. The lowest BCUT2D eigenvalue weighted by Crippen LogP contribution is -2.26. The summed E-state index contributed by atoms with van der Waals surface area (Å²) in [6, 6.07) is 4.04. The van der Waals surface area contributed by atoms with E-state index in [-0.39, 0.29) is 10.5 Å². The van der Waals surface area contributed by atoms with Crippen LogP contribution in [0.5, 0.6) is 0 Å². The molecule has 0 aromatic heterocycles. The highest BCUT2D eigenvalue weighted by Crippen LogP contribution is 2.23. The number of hydrogen-bond acceptors (Lipinski definition) is 4. The maximum atomic E-state index is 12.3. The second-order valence-corrected chi connectivity index (χ2v) is 6.86. The molecule has 0 fully saturated rings. The summed E-state index contributed by atoms with van der Waals surface area (Å²) in [5.74, 6) is -0.775. The van der Waals surface area contributed by atoms with Crippen molar-refractivity contribution in [2.45, 2.75) is 32.1 Å². The van der Waals surface area contributed by atoms with Crippen LogP contribution < -0.4 is 10.0 Å². The number of benzene rings is 1. The first-order valence-corrected chi connectivity index (χ1v) is 8.37. The van der Waals surface area contributed by atoms with E-state index in [9.17, 15) is 13.2 Å². The Morgan fingerprint density at radius 2 is 2.00 bits per heavy atom. The largest absolute Gasteiger partial charge is 0.478 e. The molecule has 1 rings (SSSR count). The van der Waals surface area contributed by atoms with Crippen LogP contribution in [-0.2, 0) is 10.0 Å². The number of carboxylic acid groups (broad SMARTS) is 1. The van der Waals surface area contributed by atoms with E-state index < -0.39 is 16.0 Å². The molecule has 0 amide bonds. The molecule has 0 aliphatic rings. The second kappa shape index (κ2) is 7.42. The van der Waals surface area contributed by atoms with Gasteiger partial charge in [-0.15, -0.1) is 0 Å². The van der Waals surface area contributed by atoms with Crippen molar-refractivity contribution in [3.63, 3.8) is 0 Å². The van der Waals surface area contributed by atoms with Gasteiger partial charge in [-0.2, -0.15) is 0 Å². The van der Waals surface area contributed by atoms with E-state index in [4.69, 9.17) is 5.11 Å². The first kappa shape index (κ1) is 17.5. The van der Waals surface area contributed by atoms with E-state index in [2.05, 4.69) is 10.0 Å². The summed E-state index contributed by atoms with van der Waals surface area (Å²) in [6.45, 7) is 6.71. The van der Waals surface area contributed by atoms with Crippen molar-refractivity contribution < 1.29 is 18.3 Å². The van der Waals surface area contributed by atoms with E-state index in [0.717, 1.165) is 0 Å². The van der Waals surface area contributed by atoms with E-state index in [1.165, 1.54) is 18.2 Å². The Morgan fingerprint density at radius 1 is 1.33 bits per heavy atom. The first-order valence-electron chi connectivity index (χ1n) is 6.88. The number of hydrogen-bond donors (Lipinski definition) is 3. The molecule has 7 heteroatoms. The molecule has 0 aliphatic carbocycles. The number of anilines is 1. The number of sulfonamides is 1. The van der Waals surface area contributed by atoms with Crippen molar-refractivity contribution in [2.75, 3.05) is 18.4 Å². The quantitative estimate of drug-likeness (QED) is 0.683. The van der Waals surface area contributed by atoms with E-state index >= 15 is 0 Å². The van der Waals surface area contributed by atoms with Crippen LogP contribution in [0.25, 0.3) is 0 Å². The lowest BCUT2D eigenvalue weighted by atomic mass is 10.1. The normalized spacial score (nSPS) is 11.6. The molecule has 0 bridgehead atoms. The summed E-state index contributed by atoms with van der Waals surface area (Å²) in [4.78, 5) is 11.0. The molecule has 3 N–H and O–H groups in total. The summed E-state index contributed by atoms with van der Waals surface area (Å²) in [6.07, 6.45) is 0.717. The van der Waals surface area contributed by atoms with Crippen LogP contribution in [0.3, 0.4) is 0 Å². The van der Waals surface area contributed by atoms with E-state index in [0.29, 0.717) is 31.1 Å². The minimum Gasteiger partial charge on any atom is -0.478 e. The molecular formula is C14H22N2O4S. The minimum atomic E-state index is -3.74. The van der Waals surface area contributed by atoms with Gasteiger partial charge in [0.25, 0.3) is 0 Å². The zero-order valence-corrected chi connectivity index (χ0v) is 13.3. The van der Waals surface area contributed by atoms with Crippen molar-refractivity contribution in [2.24, 2.45) is 5.92 Å². The molecule has 1 aromatic rings. The molecule has 0 radical (unpaired) electrons. The van der Waals surface area contributed by atoms with Crippen LogP contribution in [-0.4, -0.2) is 32.6 Å². The molecule has 0 unspecified atom stereocenters. The zero-order valence-electron chi connectivity index (χ0n) is 12.5. The molecule has 0 heterocycles. The van der Waals surface area contributed by atoms with Gasteiger partial charge in [0, 0.05) is 13.1 Å². The molecule has 0 spiro atoms. The van der Waals surface area contributed by atoms with Gasteiger partial charge < -0.3 is 10.4 Å². The van der Waals surface area contributed by atoms with Gasteiger partial charge in [-0.25, -0.2) is 17.9 Å². The maximum Gasteiger partial charge on any atom is 0.335 e. The van der Waals surface area contributed by atoms with Crippen molar-refractivity contribution in [3.05, 3.63) is 23.8 Å². The topological polar surface area (TPSA) is 95.5 Å². The number of carboxylic acids is 1. The van der Waals surface area contributed by atoms with Crippen molar-refractivity contribution in [3.8, 4) is 0 Å². The lowest BCUT2D eigenvalue weighted by molar-refractivity contribution is 0.0696. The number of aromatic carboxylic acids is 1. The molecule has 6 nitrogen and oxygen atoms in total. The summed E-state index contributed by atoms with van der Waals surface area (Å²) in [5.41, 5.74) is 0.348. The Labute approximate surface area is 125 Å². The predicted octanol–water partition coefficient (Wildman–Crippen LogP) is 2.14. The fourth-order valence-electron chi connectivity index (χ4n) is 1.77. The third-order valence-electron chi connectivity index (χ3n) is 2.90. The standard InChI is InChI=1S/C14H22N2O4S/c1-4-15-12-6-5-11(14(17)18)9-13(12)21(19,20)16-8-7-10(2)3/h5-6,9-10,15-16H,4,7-8H2,1-3H3,(H,17,18). The molecular weight excluding hydrogens is 292 g/mol. The van der Waals surface area contributed by atoms with Gasteiger partial charge in [-0.3, -0.25) is 0 Å². The Balaban J connectivity index is 3.11. The average molecular weight is 314 g/mol. The fraction of sp³-hybridized carbons (Fsp3) is 0.500. The van der Waals surface area contributed by atoms with Crippen LogP contribution in [0.1, 0.15) is 37.6 Å². The van der Waals surface area contributed by atoms with Crippen LogP contribution in [0.15, 0.2) is 23.1 Å². The van der Waals surface area contributed by atoms with E-state index in [1.807, 2.05) is 20.8 Å². The van der Waals surface area contributed by atoms with Gasteiger partial charge >= 0.3 is 5.97 Å².